The number of piperazine rings is 1. The van der Waals surface area contributed by atoms with Crippen molar-refractivity contribution in [2.45, 2.75) is 30.1 Å². The highest BCUT2D eigenvalue weighted by molar-refractivity contribution is 14.0. The molecule has 1 unspecified atom stereocenters. The van der Waals surface area contributed by atoms with Crippen LogP contribution in [-0.2, 0) is 19.6 Å². The first-order valence-electron chi connectivity index (χ1n) is 9.98. The Morgan fingerprint density at radius 1 is 1.30 bits per heavy atom. The van der Waals surface area contributed by atoms with Crippen LogP contribution in [0.5, 0.6) is 0 Å². The molecule has 9 nitrogen and oxygen atoms in total. The summed E-state index contributed by atoms with van der Waals surface area (Å²) in [6.07, 6.45) is 1.48. The maximum atomic E-state index is 12.5. The van der Waals surface area contributed by atoms with Crippen LogP contribution in [0, 0.1) is 0 Å². The number of rotatable bonds is 7. The number of thiophene rings is 1. The molecule has 3 heterocycles. The average molecular weight is 572 g/mol. The van der Waals surface area contributed by atoms with Crippen LogP contribution in [0.25, 0.3) is 0 Å². The Balaban J connectivity index is 0.00000320. The van der Waals surface area contributed by atoms with Crippen molar-refractivity contribution in [3.8, 4) is 0 Å². The standard InChI is InChI=1S/C18H29N5O4S2.HI/c1-2-19-18(20-7-8-21-29(25,26)16-6-4-14-28-16)23-11-9-22(10-12-23)17(24)15-5-3-13-27-15;/h4,6,14-15,21H,2-3,5,7-13H2,1H3,(H,19,20);1H. The molecule has 2 saturated heterocycles. The minimum Gasteiger partial charge on any atom is -0.368 e. The van der Waals surface area contributed by atoms with Crippen LogP contribution in [0.3, 0.4) is 0 Å². The molecule has 2 aliphatic rings. The number of nitrogens with one attached hydrogen (secondary N) is 2. The van der Waals surface area contributed by atoms with Crippen LogP contribution in [0.1, 0.15) is 19.8 Å². The minimum atomic E-state index is -3.47. The van der Waals surface area contributed by atoms with E-state index in [0.717, 1.165) is 25.3 Å². The molecule has 0 spiro atoms. The maximum Gasteiger partial charge on any atom is 0.251 e. The number of hydrogen-bond donors (Lipinski definition) is 2. The van der Waals surface area contributed by atoms with Gasteiger partial charge in [-0.05, 0) is 31.2 Å². The average Bonchev–Trinajstić information content (AvgIpc) is 3.44. The summed E-state index contributed by atoms with van der Waals surface area (Å²) in [5, 5.41) is 4.98. The normalized spacial score (nSPS) is 20.2. The van der Waals surface area contributed by atoms with Gasteiger partial charge in [-0.15, -0.1) is 35.3 Å². The Kier molecular flexibility index (Phi) is 10.3. The molecule has 170 valence electrons. The van der Waals surface area contributed by atoms with Gasteiger partial charge in [0.1, 0.15) is 10.3 Å². The quantitative estimate of drug-likeness (QED) is 0.219. The predicted molar refractivity (Wildman–Crippen MR) is 128 cm³/mol. The zero-order valence-corrected chi connectivity index (χ0v) is 21.0. The number of carbonyl (C=O) groups is 1. The van der Waals surface area contributed by atoms with Gasteiger partial charge < -0.3 is 19.9 Å². The molecule has 1 aromatic rings. The van der Waals surface area contributed by atoms with Crippen LogP contribution in [-0.4, -0.2) is 88.6 Å². The van der Waals surface area contributed by atoms with E-state index in [0.29, 0.717) is 43.5 Å². The van der Waals surface area contributed by atoms with E-state index in [1.807, 2.05) is 11.8 Å². The second-order valence-corrected chi connectivity index (χ2v) is 9.82. The van der Waals surface area contributed by atoms with Crippen LogP contribution < -0.4 is 10.0 Å². The molecule has 0 radical (unpaired) electrons. The predicted octanol–water partition coefficient (Wildman–Crippen LogP) is 0.933. The van der Waals surface area contributed by atoms with Crippen molar-refractivity contribution < 1.29 is 17.9 Å². The number of ether oxygens (including phenoxy) is 1. The van der Waals surface area contributed by atoms with E-state index in [9.17, 15) is 13.2 Å². The molecule has 12 heteroatoms. The van der Waals surface area contributed by atoms with Gasteiger partial charge in [-0.3, -0.25) is 9.79 Å². The van der Waals surface area contributed by atoms with E-state index in [2.05, 4.69) is 19.9 Å². The summed E-state index contributed by atoms with van der Waals surface area (Å²) in [4.78, 5) is 21.0. The summed E-state index contributed by atoms with van der Waals surface area (Å²) < 4.78 is 32.7. The number of sulfonamides is 1. The number of carbonyl (C=O) groups excluding carboxylic acids is 1. The number of aliphatic imine (C=N–C) groups is 1. The molecular formula is C18H30IN5O4S2. The Hall–Kier alpha value is -0.960. The summed E-state index contributed by atoms with van der Waals surface area (Å²) in [5.74, 6) is 0.833. The first-order chi connectivity index (χ1) is 14.0. The lowest BCUT2D eigenvalue weighted by Gasteiger charge is -2.37. The lowest BCUT2D eigenvalue weighted by atomic mass is 10.2. The van der Waals surface area contributed by atoms with Gasteiger partial charge in [-0.2, -0.15) is 0 Å². The van der Waals surface area contributed by atoms with Gasteiger partial charge in [0.15, 0.2) is 5.96 Å². The fraction of sp³-hybridized carbons (Fsp3) is 0.667. The van der Waals surface area contributed by atoms with Crippen LogP contribution in [0.15, 0.2) is 26.7 Å². The second kappa shape index (κ2) is 12.2. The van der Waals surface area contributed by atoms with Gasteiger partial charge in [-0.25, -0.2) is 13.1 Å². The van der Waals surface area contributed by atoms with Crippen molar-refractivity contribution >= 4 is 57.2 Å². The SMILES string of the molecule is CCNC(=NCCNS(=O)(=O)c1cccs1)N1CCN(C(=O)C2CCCO2)CC1.I. The van der Waals surface area contributed by atoms with E-state index < -0.39 is 10.0 Å². The second-order valence-electron chi connectivity index (χ2n) is 6.88. The largest absolute Gasteiger partial charge is 0.368 e. The molecule has 2 N–H and O–H groups in total. The van der Waals surface area contributed by atoms with Gasteiger partial charge in [0.05, 0.1) is 6.54 Å². The van der Waals surface area contributed by atoms with Crippen LogP contribution in [0.2, 0.25) is 0 Å². The molecule has 0 saturated carbocycles. The monoisotopic (exact) mass is 571 g/mol. The smallest absolute Gasteiger partial charge is 0.251 e. The fourth-order valence-electron chi connectivity index (χ4n) is 3.37. The third kappa shape index (κ3) is 6.77. The van der Waals surface area contributed by atoms with Crippen LogP contribution >= 0.6 is 35.3 Å². The Labute approximate surface area is 199 Å². The van der Waals surface area contributed by atoms with Gasteiger partial charge in [0, 0.05) is 45.9 Å². The number of nitrogens with zero attached hydrogens (tertiary/aromatic N) is 3. The third-order valence-corrected chi connectivity index (χ3v) is 7.71. The summed E-state index contributed by atoms with van der Waals surface area (Å²) >= 11 is 1.19. The molecule has 0 aliphatic carbocycles. The molecule has 1 atom stereocenters. The molecule has 2 aliphatic heterocycles. The summed E-state index contributed by atoms with van der Waals surface area (Å²) in [6, 6.07) is 3.29. The minimum absolute atomic E-state index is 0. The summed E-state index contributed by atoms with van der Waals surface area (Å²) in [6.45, 7) is 6.58. The molecular weight excluding hydrogens is 541 g/mol. The highest BCUT2D eigenvalue weighted by Crippen LogP contribution is 2.16. The Morgan fingerprint density at radius 2 is 2.03 bits per heavy atom. The fourth-order valence-corrected chi connectivity index (χ4v) is 5.43. The van der Waals surface area contributed by atoms with Crippen LogP contribution in [0.4, 0.5) is 0 Å². The number of guanidine groups is 1. The Morgan fingerprint density at radius 3 is 2.63 bits per heavy atom. The zero-order chi connectivity index (χ0) is 20.7. The van der Waals surface area contributed by atoms with Crippen molar-refractivity contribution in [2.24, 2.45) is 4.99 Å². The number of halogens is 1. The lowest BCUT2D eigenvalue weighted by Crippen LogP contribution is -2.55. The molecule has 1 amide bonds. The third-order valence-electron chi connectivity index (χ3n) is 4.86. The van der Waals surface area contributed by atoms with E-state index in [4.69, 9.17) is 4.74 Å². The molecule has 3 rings (SSSR count). The highest BCUT2D eigenvalue weighted by Gasteiger charge is 2.30. The zero-order valence-electron chi connectivity index (χ0n) is 17.1. The van der Waals surface area contributed by atoms with Gasteiger partial charge in [0.25, 0.3) is 5.91 Å². The first kappa shape index (κ1) is 25.3. The van der Waals surface area contributed by atoms with Crippen molar-refractivity contribution in [2.75, 3.05) is 52.4 Å². The van der Waals surface area contributed by atoms with E-state index in [-0.39, 0.29) is 42.5 Å². The van der Waals surface area contributed by atoms with E-state index in [1.54, 1.807) is 17.5 Å². The molecule has 30 heavy (non-hydrogen) atoms. The molecule has 0 bridgehead atoms. The van der Waals surface area contributed by atoms with E-state index in [1.165, 1.54) is 11.3 Å². The van der Waals surface area contributed by atoms with Crippen molar-refractivity contribution in [3.63, 3.8) is 0 Å². The highest BCUT2D eigenvalue weighted by atomic mass is 127. The maximum absolute atomic E-state index is 12.5. The van der Waals surface area contributed by atoms with E-state index >= 15 is 0 Å². The molecule has 2 fully saturated rings. The van der Waals surface area contributed by atoms with Gasteiger partial charge in [-0.1, -0.05) is 6.07 Å². The summed E-state index contributed by atoms with van der Waals surface area (Å²) in [7, 11) is -3.47. The Bertz CT molecular complexity index is 790. The molecule has 0 aromatic carbocycles. The molecule has 1 aromatic heterocycles. The lowest BCUT2D eigenvalue weighted by molar-refractivity contribution is -0.142. The first-order valence-corrected chi connectivity index (χ1v) is 12.3. The topological polar surface area (TPSA) is 103 Å². The number of amides is 1. The number of hydrogen-bond acceptors (Lipinski definition) is 6. The van der Waals surface area contributed by atoms with Crippen molar-refractivity contribution in [1.82, 2.24) is 19.8 Å². The summed E-state index contributed by atoms with van der Waals surface area (Å²) in [5.41, 5.74) is 0. The van der Waals surface area contributed by atoms with Crippen molar-refractivity contribution in [1.29, 1.82) is 0 Å². The van der Waals surface area contributed by atoms with Gasteiger partial charge >= 0.3 is 0 Å². The van der Waals surface area contributed by atoms with Gasteiger partial charge in [0.2, 0.25) is 10.0 Å². The van der Waals surface area contributed by atoms with Crippen molar-refractivity contribution in [3.05, 3.63) is 17.5 Å².